The third-order valence-electron chi connectivity index (χ3n) is 2.94. The number of nitrogens with two attached hydrogens (primary N) is 1. The Bertz CT molecular complexity index is 435. The second-order valence-electron chi connectivity index (χ2n) is 4.78. The molecular weight excluding hydrogens is 254 g/mol. The van der Waals surface area contributed by atoms with Crippen LogP contribution in [0.1, 0.15) is 33.6 Å². The number of carbonyl (C=O) groups is 1. The molecule has 1 amide bonds. The maximum atomic E-state index is 11.6. The van der Waals surface area contributed by atoms with Gasteiger partial charge in [0.1, 0.15) is 5.75 Å². The van der Waals surface area contributed by atoms with Crippen molar-refractivity contribution < 1.29 is 9.53 Å². The normalized spacial score (nSPS) is 11.8. The fourth-order valence-corrected chi connectivity index (χ4v) is 1.74. The summed E-state index contributed by atoms with van der Waals surface area (Å²) in [6.07, 6.45) is 1.37. The molecule has 1 unspecified atom stereocenters. The van der Waals surface area contributed by atoms with Crippen LogP contribution in [0.2, 0.25) is 0 Å². The Kier molecular flexibility index (Phi) is 6.70. The van der Waals surface area contributed by atoms with Crippen molar-refractivity contribution in [1.82, 2.24) is 5.32 Å². The van der Waals surface area contributed by atoms with E-state index in [2.05, 4.69) is 10.6 Å². The lowest BCUT2D eigenvalue weighted by atomic mass is 10.2. The van der Waals surface area contributed by atoms with Gasteiger partial charge in [-0.15, -0.1) is 0 Å². The van der Waals surface area contributed by atoms with Gasteiger partial charge in [-0.3, -0.25) is 4.79 Å². The lowest BCUT2D eigenvalue weighted by Gasteiger charge is -2.13. The SMILES string of the molecule is CCOc1cc(N)cc(NCCC(=O)NC(C)CC)c1. The van der Waals surface area contributed by atoms with Crippen molar-refractivity contribution in [3.05, 3.63) is 18.2 Å². The summed E-state index contributed by atoms with van der Waals surface area (Å²) < 4.78 is 5.42. The van der Waals surface area contributed by atoms with E-state index >= 15 is 0 Å². The van der Waals surface area contributed by atoms with Crippen LogP contribution >= 0.6 is 0 Å². The van der Waals surface area contributed by atoms with E-state index < -0.39 is 0 Å². The number of hydrogen-bond donors (Lipinski definition) is 3. The van der Waals surface area contributed by atoms with Crippen molar-refractivity contribution in [3.63, 3.8) is 0 Å². The highest BCUT2D eigenvalue weighted by Gasteiger charge is 2.05. The molecule has 1 aromatic rings. The largest absolute Gasteiger partial charge is 0.494 e. The molecule has 4 N–H and O–H groups in total. The van der Waals surface area contributed by atoms with Crippen LogP contribution in [0.4, 0.5) is 11.4 Å². The Morgan fingerprint density at radius 2 is 2.10 bits per heavy atom. The first kappa shape index (κ1) is 16.1. The molecule has 0 aliphatic carbocycles. The molecule has 0 saturated carbocycles. The monoisotopic (exact) mass is 279 g/mol. The first-order chi connectivity index (χ1) is 9.55. The van der Waals surface area contributed by atoms with Gasteiger partial charge in [-0.2, -0.15) is 0 Å². The van der Waals surface area contributed by atoms with Gasteiger partial charge in [-0.1, -0.05) is 6.92 Å². The van der Waals surface area contributed by atoms with Gasteiger partial charge >= 0.3 is 0 Å². The molecule has 0 fully saturated rings. The fourth-order valence-electron chi connectivity index (χ4n) is 1.74. The van der Waals surface area contributed by atoms with Crippen LogP contribution in [-0.4, -0.2) is 25.1 Å². The summed E-state index contributed by atoms with van der Waals surface area (Å²) >= 11 is 0. The highest BCUT2D eigenvalue weighted by Crippen LogP contribution is 2.22. The molecule has 0 aliphatic heterocycles. The minimum absolute atomic E-state index is 0.0563. The third kappa shape index (κ3) is 5.82. The molecule has 1 atom stereocenters. The molecule has 0 aromatic heterocycles. The minimum Gasteiger partial charge on any atom is -0.494 e. The van der Waals surface area contributed by atoms with Crippen molar-refractivity contribution in [2.75, 3.05) is 24.2 Å². The molecule has 0 heterocycles. The van der Waals surface area contributed by atoms with Gasteiger partial charge in [0.2, 0.25) is 5.91 Å². The average molecular weight is 279 g/mol. The molecule has 5 heteroatoms. The highest BCUT2D eigenvalue weighted by molar-refractivity contribution is 5.76. The van der Waals surface area contributed by atoms with Crippen LogP contribution in [0, 0.1) is 0 Å². The van der Waals surface area contributed by atoms with Crippen molar-refractivity contribution in [2.24, 2.45) is 0 Å². The smallest absolute Gasteiger partial charge is 0.221 e. The number of carbonyl (C=O) groups excluding carboxylic acids is 1. The summed E-state index contributed by atoms with van der Waals surface area (Å²) in [6, 6.07) is 5.71. The van der Waals surface area contributed by atoms with Crippen LogP contribution in [-0.2, 0) is 4.79 Å². The topological polar surface area (TPSA) is 76.4 Å². The zero-order valence-corrected chi connectivity index (χ0v) is 12.5. The van der Waals surface area contributed by atoms with E-state index in [1.54, 1.807) is 6.07 Å². The molecule has 0 spiro atoms. The molecule has 1 rings (SSSR count). The molecule has 1 aromatic carbocycles. The zero-order valence-electron chi connectivity index (χ0n) is 12.5. The van der Waals surface area contributed by atoms with Gasteiger partial charge in [0.25, 0.3) is 0 Å². The van der Waals surface area contributed by atoms with Gasteiger partial charge in [0, 0.05) is 42.5 Å². The van der Waals surface area contributed by atoms with Crippen molar-refractivity contribution >= 4 is 17.3 Å². The predicted octanol–water partition coefficient (Wildman–Crippen LogP) is 2.38. The highest BCUT2D eigenvalue weighted by atomic mass is 16.5. The molecular formula is C15H25N3O2. The lowest BCUT2D eigenvalue weighted by Crippen LogP contribution is -2.32. The fraction of sp³-hybridized carbons (Fsp3) is 0.533. The summed E-state index contributed by atoms with van der Waals surface area (Å²) in [4.78, 5) is 11.6. The molecule has 20 heavy (non-hydrogen) atoms. The second kappa shape index (κ2) is 8.30. The van der Waals surface area contributed by atoms with E-state index in [0.29, 0.717) is 25.3 Å². The van der Waals surface area contributed by atoms with E-state index in [9.17, 15) is 4.79 Å². The van der Waals surface area contributed by atoms with Crippen LogP contribution in [0.15, 0.2) is 18.2 Å². The maximum Gasteiger partial charge on any atom is 0.221 e. The van der Waals surface area contributed by atoms with E-state index in [1.165, 1.54) is 0 Å². The Morgan fingerprint density at radius 1 is 1.35 bits per heavy atom. The predicted molar refractivity (Wildman–Crippen MR) is 83.0 cm³/mol. The van der Waals surface area contributed by atoms with Crippen LogP contribution < -0.4 is 21.1 Å². The first-order valence-electron chi connectivity index (χ1n) is 7.11. The quantitative estimate of drug-likeness (QED) is 0.639. The summed E-state index contributed by atoms with van der Waals surface area (Å²) in [6.45, 7) is 7.13. The first-order valence-corrected chi connectivity index (χ1v) is 7.11. The summed E-state index contributed by atoms with van der Waals surface area (Å²) in [5.41, 5.74) is 7.31. The number of nitrogens with one attached hydrogen (secondary N) is 2. The minimum atomic E-state index is 0.0563. The van der Waals surface area contributed by atoms with Gasteiger partial charge in [0.05, 0.1) is 6.61 Å². The summed E-state index contributed by atoms with van der Waals surface area (Å²) in [5, 5.41) is 6.12. The van der Waals surface area contributed by atoms with Crippen LogP contribution in [0.5, 0.6) is 5.75 Å². The standard InChI is InChI=1S/C15H25N3O2/c1-4-11(3)18-15(19)6-7-17-13-8-12(16)9-14(10-13)20-5-2/h8-11,17H,4-7,16H2,1-3H3,(H,18,19). The van der Waals surface area contributed by atoms with Crippen LogP contribution in [0.3, 0.4) is 0 Å². The van der Waals surface area contributed by atoms with E-state index in [0.717, 1.165) is 17.9 Å². The van der Waals surface area contributed by atoms with Gasteiger partial charge in [-0.05, 0) is 26.3 Å². The van der Waals surface area contributed by atoms with E-state index in [4.69, 9.17) is 10.5 Å². The van der Waals surface area contributed by atoms with E-state index in [1.807, 2.05) is 32.9 Å². The Morgan fingerprint density at radius 3 is 2.75 bits per heavy atom. The van der Waals surface area contributed by atoms with Gasteiger partial charge in [-0.25, -0.2) is 0 Å². The summed E-state index contributed by atoms with van der Waals surface area (Å²) in [7, 11) is 0. The molecule has 0 saturated heterocycles. The Balaban J connectivity index is 2.43. The molecule has 112 valence electrons. The average Bonchev–Trinajstić information content (AvgIpc) is 2.38. The van der Waals surface area contributed by atoms with Crippen molar-refractivity contribution in [2.45, 2.75) is 39.7 Å². The second-order valence-corrected chi connectivity index (χ2v) is 4.78. The number of ether oxygens (including phenoxy) is 1. The third-order valence-corrected chi connectivity index (χ3v) is 2.94. The number of hydrogen-bond acceptors (Lipinski definition) is 4. The number of nitrogen functional groups attached to an aromatic ring is 1. The molecule has 0 aliphatic rings. The Hall–Kier alpha value is -1.91. The Labute approximate surface area is 120 Å². The number of rotatable bonds is 8. The van der Waals surface area contributed by atoms with Gasteiger partial charge in [0.15, 0.2) is 0 Å². The van der Waals surface area contributed by atoms with E-state index in [-0.39, 0.29) is 11.9 Å². The van der Waals surface area contributed by atoms with Crippen molar-refractivity contribution in [3.8, 4) is 5.75 Å². The molecule has 5 nitrogen and oxygen atoms in total. The van der Waals surface area contributed by atoms with Crippen molar-refractivity contribution in [1.29, 1.82) is 0 Å². The maximum absolute atomic E-state index is 11.6. The molecule has 0 radical (unpaired) electrons. The lowest BCUT2D eigenvalue weighted by molar-refractivity contribution is -0.121. The van der Waals surface area contributed by atoms with Gasteiger partial charge < -0.3 is 21.1 Å². The number of anilines is 2. The summed E-state index contributed by atoms with van der Waals surface area (Å²) in [5.74, 6) is 0.792. The van der Waals surface area contributed by atoms with Crippen LogP contribution in [0.25, 0.3) is 0 Å². The molecule has 0 bridgehead atoms. The zero-order chi connectivity index (χ0) is 15.0. The number of benzene rings is 1. The number of amides is 1.